The highest BCUT2D eigenvalue weighted by atomic mass is 35.5. The number of hydrogen-bond acceptors (Lipinski definition) is 2. The summed E-state index contributed by atoms with van der Waals surface area (Å²) in [5.74, 6) is 1.33. The van der Waals surface area contributed by atoms with Gasteiger partial charge in [0.2, 0.25) is 0 Å². The van der Waals surface area contributed by atoms with Crippen LogP contribution in [0.4, 0.5) is 0 Å². The molecule has 4 heteroatoms. The molecule has 0 fully saturated rings. The molecule has 0 N–H and O–H groups in total. The van der Waals surface area contributed by atoms with Gasteiger partial charge in [0.25, 0.3) is 0 Å². The predicted octanol–water partition coefficient (Wildman–Crippen LogP) is 2.93. The van der Waals surface area contributed by atoms with Gasteiger partial charge in [-0.15, -0.1) is 11.6 Å². The molecule has 3 nitrogen and oxygen atoms in total. The largest absolute Gasteiger partial charge is 0.234 e. The summed E-state index contributed by atoms with van der Waals surface area (Å²) < 4.78 is 1.85. The van der Waals surface area contributed by atoms with E-state index >= 15 is 0 Å². The highest BCUT2D eigenvalue weighted by Crippen LogP contribution is 2.14. The molecule has 84 valence electrons. The van der Waals surface area contributed by atoms with Crippen molar-refractivity contribution in [3.63, 3.8) is 0 Å². The summed E-state index contributed by atoms with van der Waals surface area (Å²) in [6.07, 6.45) is 0. The van der Waals surface area contributed by atoms with E-state index in [2.05, 4.69) is 10.1 Å². The number of nitrogens with zero attached hydrogens (tertiary/aromatic N) is 3. The number of aryl methyl sites for hydroxylation is 3. The van der Waals surface area contributed by atoms with Crippen LogP contribution in [-0.2, 0) is 5.88 Å². The fraction of sp³-hybridized carbons (Fsp3) is 0.333. The lowest BCUT2D eigenvalue weighted by atomic mass is 10.2. The fourth-order valence-electron chi connectivity index (χ4n) is 1.77. The van der Waals surface area contributed by atoms with Crippen LogP contribution in [0.5, 0.6) is 0 Å². The number of aromatic nitrogens is 3. The average Bonchev–Trinajstić information content (AvgIpc) is 2.57. The predicted molar refractivity (Wildman–Crippen MR) is 65.1 cm³/mol. The molecule has 0 saturated heterocycles. The maximum absolute atomic E-state index is 5.85. The van der Waals surface area contributed by atoms with E-state index in [9.17, 15) is 0 Å². The Labute approximate surface area is 100 Å². The Morgan fingerprint density at radius 3 is 2.44 bits per heavy atom. The van der Waals surface area contributed by atoms with E-state index in [0.29, 0.717) is 5.88 Å². The van der Waals surface area contributed by atoms with E-state index in [0.717, 1.165) is 28.5 Å². The lowest BCUT2D eigenvalue weighted by molar-refractivity contribution is 0.799. The Bertz CT molecular complexity index is 517. The SMILES string of the molecule is Cc1cc(CCl)cc(-n2nc(C)cc2C)n1. The first-order chi connectivity index (χ1) is 7.60. The van der Waals surface area contributed by atoms with Gasteiger partial charge in [0.15, 0.2) is 5.82 Å². The molecular weight excluding hydrogens is 222 g/mol. The lowest BCUT2D eigenvalue weighted by Gasteiger charge is -2.06. The maximum atomic E-state index is 5.85. The van der Waals surface area contributed by atoms with Crippen LogP contribution in [0.25, 0.3) is 5.82 Å². The monoisotopic (exact) mass is 235 g/mol. The molecule has 2 aromatic rings. The van der Waals surface area contributed by atoms with Crippen molar-refractivity contribution < 1.29 is 0 Å². The second-order valence-electron chi connectivity index (χ2n) is 3.95. The van der Waals surface area contributed by atoms with E-state index in [1.54, 1.807) is 0 Å². The molecule has 2 rings (SSSR count). The molecule has 0 radical (unpaired) electrons. The smallest absolute Gasteiger partial charge is 0.154 e. The first kappa shape index (κ1) is 11.1. The van der Waals surface area contributed by atoms with Gasteiger partial charge in [-0.2, -0.15) is 5.10 Å². The molecule has 0 saturated carbocycles. The number of alkyl halides is 1. The molecule has 0 atom stereocenters. The summed E-state index contributed by atoms with van der Waals surface area (Å²) in [6.45, 7) is 5.96. The zero-order valence-electron chi connectivity index (χ0n) is 9.66. The molecule has 0 aromatic carbocycles. The first-order valence-corrected chi connectivity index (χ1v) is 5.71. The highest BCUT2D eigenvalue weighted by Gasteiger charge is 2.06. The number of halogens is 1. The van der Waals surface area contributed by atoms with Gasteiger partial charge >= 0.3 is 0 Å². The van der Waals surface area contributed by atoms with Crippen LogP contribution in [-0.4, -0.2) is 14.8 Å². The molecule has 0 bridgehead atoms. The second kappa shape index (κ2) is 4.26. The van der Waals surface area contributed by atoms with Gasteiger partial charge in [0.1, 0.15) is 0 Å². The molecule has 0 unspecified atom stereocenters. The van der Waals surface area contributed by atoms with Gasteiger partial charge in [0.05, 0.1) is 5.69 Å². The third kappa shape index (κ3) is 2.09. The number of rotatable bonds is 2. The standard InChI is InChI=1S/C12H14ClN3/c1-8-5-11(7-13)6-12(14-8)16-10(3)4-9(2)15-16/h4-6H,7H2,1-3H3. The van der Waals surface area contributed by atoms with Gasteiger partial charge in [-0.05, 0) is 44.5 Å². The molecular formula is C12H14ClN3. The Kier molecular flexibility index (Phi) is 2.97. The van der Waals surface area contributed by atoms with Crippen molar-refractivity contribution in [2.75, 3.05) is 0 Å². The normalized spacial score (nSPS) is 10.8. The average molecular weight is 236 g/mol. The highest BCUT2D eigenvalue weighted by molar-refractivity contribution is 6.17. The fourth-order valence-corrected chi connectivity index (χ4v) is 1.92. The molecule has 0 amide bonds. The third-order valence-corrected chi connectivity index (χ3v) is 2.69. The van der Waals surface area contributed by atoms with Crippen LogP contribution in [0.15, 0.2) is 18.2 Å². The minimum atomic E-state index is 0.496. The Morgan fingerprint density at radius 2 is 1.88 bits per heavy atom. The summed E-state index contributed by atoms with van der Waals surface area (Å²) in [6, 6.07) is 5.99. The molecule has 0 aliphatic rings. The van der Waals surface area contributed by atoms with Crippen molar-refractivity contribution in [1.82, 2.24) is 14.8 Å². The maximum Gasteiger partial charge on any atom is 0.154 e. The van der Waals surface area contributed by atoms with Crippen LogP contribution >= 0.6 is 11.6 Å². The van der Waals surface area contributed by atoms with E-state index < -0.39 is 0 Å². The van der Waals surface area contributed by atoms with Crippen molar-refractivity contribution in [2.45, 2.75) is 26.7 Å². The van der Waals surface area contributed by atoms with Crippen molar-refractivity contribution in [2.24, 2.45) is 0 Å². The van der Waals surface area contributed by atoms with Crippen LogP contribution < -0.4 is 0 Å². The van der Waals surface area contributed by atoms with E-state index in [1.165, 1.54) is 0 Å². The molecule has 2 aromatic heterocycles. The van der Waals surface area contributed by atoms with E-state index in [1.807, 2.05) is 43.7 Å². The number of pyridine rings is 1. The van der Waals surface area contributed by atoms with Gasteiger partial charge in [-0.25, -0.2) is 9.67 Å². The summed E-state index contributed by atoms with van der Waals surface area (Å²) in [7, 11) is 0. The third-order valence-electron chi connectivity index (χ3n) is 2.38. The van der Waals surface area contributed by atoms with Crippen molar-refractivity contribution >= 4 is 11.6 Å². The summed E-state index contributed by atoms with van der Waals surface area (Å²) in [5, 5.41) is 4.41. The zero-order valence-corrected chi connectivity index (χ0v) is 10.4. The van der Waals surface area contributed by atoms with Crippen molar-refractivity contribution in [3.8, 4) is 5.82 Å². The van der Waals surface area contributed by atoms with Crippen LogP contribution in [0.3, 0.4) is 0 Å². The van der Waals surface area contributed by atoms with Gasteiger partial charge < -0.3 is 0 Å². The van der Waals surface area contributed by atoms with Crippen LogP contribution in [0.2, 0.25) is 0 Å². The Hall–Kier alpha value is -1.35. The van der Waals surface area contributed by atoms with Crippen molar-refractivity contribution in [3.05, 3.63) is 40.8 Å². The van der Waals surface area contributed by atoms with Gasteiger partial charge in [-0.3, -0.25) is 0 Å². The Morgan fingerprint density at radius 1 is 1.12 bits per heavy atom. The lowest BCUT2D eigenvalue weighted by Crippen LogP contribution is -2.03. The molecule has 0 aliphatic carbocycles. The van der Waals surface area contributed by atoms with Crippen LogP contribution in [0.1, 0.15) is 22.6 Å². The Balaban J connectivity index is 2.55. The number of hydrogen-bond donors (Lipinski definition) is 0. The summed E-state index contributed by atoms with van der Waals surface area (Å²) in [4.78, 5) is 4.47. The van der Waals surface area contributed by atoms with Crippen LogP contribution in [0, 0.1) is 20.8 Å². The minimum Gasteiger partial charge on any atom is -0.234 e. The summed E-state index contributed by atoms with van der Waals surface area (Å²) in [5.41, 5.74) is 4.10. The minimum absolute atomic E-state index is 0.496. The zero-order chi connectivity index (χ0) is 11.7. The first-order valence-electron chi connectivity index (χ1n) is 5.17. The topological polar surface area (TPSA) is 30.7 Å². The quantitative estimate of drug-likeness (QED) is 0.750. The van der Waals surface area contributed by atoms with Crippen molar-refractivity contribution in [1.29, 1.82) is 0 Å². The summed E-state index contributed by atoms with van der Waals surface area (Å²) >= 11 is 5.85. The van der Waals surface area contributed by atoms with Gasteiger partial charge in [0, 0.05) is 17.3 Å². The molecule has 16 heavy (non-hydrogen) atoms. The molecule has 0 aliphatic heterocycles. The molecule has 2 heterocycles. The second-order valence-corrected chi connectivity index (χ2v) is 4.21. The van der Waals surface area contributed by atoms with E-state index in [4.69, 9.17) is 11.6 Å². The van der Waals surface area contributed by atoms with E-state index in [-0.39, 0.29) is 0 Å². The van der Waals surface area contributed by atoms with Gasteiger partial charge in [-0.1, -0.05) is 0 Å². The molecule has 0 spiro atoms.